The normalized spacial score (nSPS) is 19.9. The Morgan fingerprint density at radius 2 is 1.70 bits per heavy atom. The summed E-state index contributed by atoms with van der Waals surface area (Å²) >= 11 is 0. The molecule has 150 valence electrons. The van der Waals surface area contributed by atoms with Gasteiger partial charge in [-0.3, -0.25) is 9.69 Å². The average molecular weight is 376 g/mol. The highest BCUT2D eigenvalue weighted by Gasteiger charge is 2.25. The number of morpholine rings is 2. The van der Waals surface area contributed by atoms with Crippen molar-refractivity contribution in [3.8, 4) is 0 Å². The predicted octanol–water partition coefficient (Wildman–Crippen LogP) is 1.92. The van der Waals surface area contributed by atoms with Gasteiger partial charge in [-0.1, -0.05) is 19.9 Å². The number of nitrogens with one attached hydrogen (secondary N) is 1. The maximum atomic E-state index is 12.9. The van der Waals surface area contributed by atoms with Gasteiger partial charge in [-0.15, -0.1) is 0 Å². The molecule has 1 aromatic rings. The van der Waals surface area contributed by atoms with Crippen molar-refractivity contribution >= 4 is 11.6 Å². The SMILES string of the molecule is Cc1c(C(=O)NCC(C(C)C)N2CCOCC2)cccc1N1CCOCC1. The fourth-order valence-corrected chi connectivity index (χ4v) is 4.00. The van der Waals surface area contributed by atoms with Gasteiger partial charge in [-0.25, -0.2) is 0 Å². The van der Waals surface area contributed by atoms with Crippen LogP contribution in [0, 0.1) is 12.8 Å². The molecule has 0 bridgehead atoms. The first kappa shape index (κ1) is 20.1. The van der Waals surface area contributed by atoms with E-state index in [0.29, 0.717) is 18.5 Å². The molecular formula is C21H33N3O3. The van der Waals surface area contributed by atoms with Gasteiger partial charge in [-0.2, -0.15) is 0 Å². The summed E-state index contributed by atoms with van der Waals surface area (Å²) in [5, 5.41) is 3.18. The van der Waals surface area contributed by atoms with Crippen LogP contribution in [0.3, 0.4) is 0 Å². The molecule has 0 radical (unpaired) electrons. The van der Waals surface area contributed by atoms with Crippen molar-refractivity contribution in [1.29, 1.82) is 0 Å². The molecule has 6 nitrogen and oxygen atoms in total. The molecule has 1 atom stereocenters. The van der Waals surface area contributed by atoms with Crippen molar-refractivity contribution in [1.82, 2.24) is 10.2 Å². The fourth-order valence-electron chi connectivity index (χ4n) is 4.00. The summed E-state index contributed by atoms with van der Waals surface area (Å²) in [4.78, 5) is 17.7. The van der Waals surface area contributed by atoms with Crippen LogP contribution in [0.4, 0.5) is 5.69 Å². The second kappa shape index (κ2) is 9.53. The summed E-state index contributed by atoms with van der Waals surface area (Å²) in [6.07, 6.45) is 0. The first-order chi connectivity index (χ1) is 13.1. The molecule has 2 heterocycles. The molecule has 27 heavy (non-hydrogen) atoms. The molecular weight excluding hydrogens is 342 g/mol. The quantitative estimate of drug-likeness (QED) is 0.823. The molecule has 1 amide bonds. The molecule has 1 unspecified atom stereocenters. The third-order valence-corrected chi connectivity index (χ3v) is 5.66. The van der Waals surface area contributed by atoms with Crippen LogP contribution < -0.4 is 10.2 Å². The summed E-state index contributed by atoms with van der Waals surface area (Å²) in [6, 6.07) is 6.34. The molecule has 2 fully saturated rings. The zero-order valence-corrected chi connectivity index (χ0v) is 16.9. The highest BCUT2D eigenvalue weighted by atomic mass is 16.5. The van der Waals surface area contributed by atoms with Gasteiger partial charge in [0.25, 0.3) is 5.91 Å². The largest absolute Gasteiger partial charge is 0.379 e. The van der Waals surface area contributed by atoms with Crippen molar-refractivity contribution in [2.75, 3.05) is 64.1 Å². The first-order valence-electron chi connectivity index (χ1n) is 10.1. The van der Waals surface area contributed by atoms with E-state index in [9.17, 15) is 4.79 Å². The zero-order chi connectivity index (χ0) is 19.2. The second-order valence-corrected chi connectivity index (χ2v) is 7.72. The number of benzene rings is 1. The van der Waals surface area contributed by atoms with Crippen LogP contribution in [0.5, 0.6) is 0 Å². The third kappa shape index (κ3) is 5.00. The minimum Gasteiger partial charge on any atom is -0.379 e. The van der Waals surface area contributed by atoms with E-state index in [4.69, 9.17) is 9.47 Å². The van der Waals surface area contributed by atoms with Crippen LogP contribution in [-0.4, -0.2) is 76.0 Å². The summed E-state index contributed by atoms with van der Waals surface area (Å²) in [5.41, 5.74) is 2.95. The van der Waals surface area contributed by atoms with Gasteiger partial charge in [0.15, 0.2) is 0 Å². The van der Waals surface area contributed by atoms with Crippen LogP contribution in [0.2, 0.25) is 0 Å². The first-order valence-corrected chi connectivity index (χ1v) is 10.1. The van der Waals surface area contributed by atoms with E-state index in [-0.39, 0.29) is 5.91 Å². The lowest BCUT2D eigenvalue weighted by Crippen LogP contribution is -2.51. The Morgan fingerprint density at radius 3 is 2.33 bits per heavy atom. The highest BCUT2D eigenvalue weighted by Crippen LogP contribution is 2.24. The van der Waals surface area contributed by atoms with Gasteiger partial charge in [0.1, 0.15) is 0 Å². The van der Waals surface area contributed by atoms with Crippen LogP contribution >= 0.6 is 0 Å². The van der Waals surface area contributed by atoms with Crippen molar-refractivity contribution in [2.24, 2.45) is 5.92 Å². The van der Waals surface area contributed by atoms with E-state index in [2.05, 4.69) is 35.0 Å². The number of rotatable bonds is 6. The molecule has 0 spiro atoms. The van der Waals surface area contributed by atoms with Crippen molar-refractivity contribution in [3.05, 3.63) is 29.3 Å². The highest BCUT2D eigenvalue weighted by molar-refractivity contribution is 5.97. The number of amides is 1. The number of hydrogen-bond donors (Lipinski definition) is 1. The van der Waals surface area contributed by atoms with Gasteiger partial charge in [0.05, 0.1) is 26.4 Å². The number of carbonyl (C=O) groups excluding carboxylic acids is 1. The minimum absolute atomic E-state index is 0.0153. The molecule has 2 aliphatic heterocycles. The van der Waals surface area contributed by atoms with Crippen LogP contribution in [0.25, 0.3) is 0 Å². The van der Waals surface area contributed by atoms with E-state index < -0.39 is 0 Å². The Hall–Kier alpha value is -1.63. The van der Waals surface area contributed by atoms with E-state index in [1.165, 1.54) is 0 Å². The fraction of sp³-hybridized carbons (Fsp3) is 0.667. The van der Waals surface area contributed by atoms with Crippen LogP contribution in [-0.2, 0) is 9.47 Å². The number of nitrogens with zero attached hydrogens (tertiary/aromatic N) is 2. The van der Waals surface area contributed by atoms with Gasteiger partial charge >= 0.3 is 0 Å². The monoisotopic (exact) mass is 375 g/mol. The Kier molecular flexibility index (Phi) is 7.10. The molecule has 0 aromatic heterocycles. The Bertz CT molecular complexity index is 623. The molecule has 1 N–H and O–H groups in total. The van der Waals surface area contributed by atoms with Crippen LogP contribution in [0.15, 0.2) is 18.2 Å². The van der Waals surface area contributed by atoms with E-state index >= 15 is 0 Å². The van der Waals surface area contributed by atoms with Gasteiger partial charge < -0.3 is 19.7 Å². The second-order valence-electron chi connectivity index (χ2n) is 7.72. The smallest absolute Gasteiger partial charge is 0.251 e. The van der Waals surface area contributed by atoms with Gasteiger partial charge in [0.2, 0.25) is 0 Å². The Labute approximate surface area is 162 Å². The van der Waals surface area contributed by atoms with Crippen LogP contribution in [0.1, 0.15) is 29.8 Å². The van der Waals surface area contributed by atoms with Gasteiger partial charge in [-0.05, 0) is 30.5 Å². The molecule has 1 aromatic carbocycles. The maximum Gasteiger partial charge on any atom is 0.251 e. The lowest BCUT2D eigenvalue weighted by Gasteiger charge is -2.37. The lowest BCUT2D eigenvalue weighted by atomic mass is 10.0. The minimum atomic E-state index is 0.0153. The topological polar surface area (TPSA) is 54.0 Å². The summed E-state index contributed by atoms with van der Waals surface area (Å²) in [7, 11) is 0. The Morgan fingerprint density at radius 1 is 1.07 bits per heavy atom. The van der Waals surface area contributed by atoms with Gasteiger partial charge in [0, 0.05) is 50.0 Å². The molecule has 0 aliphatic carbocycles. The summed E-state index contributed by atoms with van der Waals surface area (Å²) in [6.45, 7) is 13.8. The molecule has 2 aliphatic rings. The third-order valence-electron chi connectivity index (χ3n) is 5.66. The van der Waals surface area contributed by atoms with E-state index in [0.717, 1.165) is 69.4 Å². The number of hydrogen-bond acceptors (Lipinski definition) is 5. The predicted molar refractivity (Wildman–Crippen MR) is 108 cm³/mol. The molecule has 6 heteroatoms. The number of ether oxygens (including phenoxy) is 2. The summed E-state index contributed by atoms with van der Waals surface area (Å²) in [5.74, 6) is 0.491. The number of carbonyl (C=O) groups is 1. The molecule has 3 rings (SSSR count). The molecule has 0 saturated carbocycles. The van der Waals surface area contributed by atoms with Crippen molar-refractivity contribution in [2.45, 2.75) is 26.8 Å². The Balaban J connectivity index is 1.66. The van der Waals surface area contributed by atoms with Crippen molar-refractivity contribution in [3.63, 3.8) is 0 Å². The van der Waals surface area contributed by atoms with Crippen molar-refractivity contribution < 1.29 is 14.3 Å². The maximum absolute atomic E-state index is 12.9. The van der Waals surface area contributed by atoms with E-state index in [1.807, 2.05) is 19.1 Å². The molecule has 2 saturated heterocycles. The van der Waals surface area contributed by atoms with E-state index in [1.54, 1.807) is 0 Å². The zero-order valence-electron chi connectivity index (χ0n) is 16.9. The lowest BCUT2D eigenvalue weighted by molar-refractivity contribution is 0.00672. The summed E-state index contributed by atoms with van der Waals surface area (Å²) < 4.78 is 10.9. The average Bonchev–Trinajstić information content (AvgIpc) is 2.69. The standard InChI is InChI=1S/C21H33N3O3/c1-16(2)20(24-9-13-27-14-10-24)15-22-21(25)18-5-4-6-19(17(18)3)23-7-11-26-12-8-23/h4-6,16,20H,7-15H2,1-3H3,(H,22,25). The number of anilines is 1.